The van der Waals surface area contributed by atoms with Gasteiger partial charge in [-0.3, -0.25) is 24.0 Å². The summed E-state index contributed by atoms with van der Waals surface area (Å²) in [6.07, 6.45) is -11.3. The molecule has 1 saturated heterocycles. The minimum atomic E-state index is -2.68. The molecule has 52 heavy (non-hydrogen) atoms. The Hall–Kier alpha value is -4.34. The molecular formula is C37H46O15. The van der Waals surface area contributed by atoms with Crippen LogP contribution in [0, 0.1) is 16.7 Å². The summed E-state index contributed by atoms with van der Waals surface area (Å²) in [5.41, 5.74) is -7.83. The highest BCUT2D eigenvalue weighted by atomic mass is 16.6. The number of aliphatic hydroxyl groups is 2. The van der Waals surface area contributed by atoms with Gasteiger partial charge in [0.25, 0.3) is 0 Å². The molecule has 2 N–H and O–H groups in total. The van der Waals surface area contributed by atoms with Gasteiger partial charge in [-0.2, -0.15) is 0 Å². The average Bonchev–Trinajstić information content (AvgIpc) is 3.03. The van der Waals surface area contributed by atoms with Crippen molar-refractivity contribution >= 4 is 35.8 Å². The van der Waals surface area contributed by atoms with Gasteiger partial charge in [0.2, 0.25) is 0 Å². The highest BCUT2D eigenvalue weighted by Crippen LogP contribution is 2.66. The molecule has 0 aromatic heterocycles. The Morgan fingerprint density at radius 2 is 1.31 bits per heavy atom. The van der Waals surface area contributed by atoms with Crippen LogP contribution in [0.1, 0.15) is 79.1 Å². The Morgan fingerprint density at radius 3 is 1.81 bits per heavy atom. The largest absolute Gasteiger partial charge is 0.462 e. The number of fused-ring (bicyclic) bond motifs is 5. The van der Waals surface area contributed by atoms with Crippen molar-refractivity contribution in [2.45, 2.75) is 123 Å². The lowest BCUT2D eigenvalue weighted by Gasteiger charge is -2.69. The minimum absolute atomic E-state index is 0.0473. The van der Waals surface area contributed by atoms with Crippen molar-refractivity contribution in [3.63, 3.8) is 0 Å². The summed E-state index contributed by atoms with van der Waals surface area (Å²) in [7, 11) is 0. The molecule has 5 rings (SSSR count). The van der Waals surface area contributed by atoms with Crippen LogP contribution in [0.2, 0.25) is 0 Å². The van der Waals surface area contributed by atoms with Gasteiger partial charge < -0.3 is 43.4 Å². The fourth-order valence-corrected chi connectivity index (χ4v) is 9.29. The van der Waals surface area contributed by atoms with Gasteiger partial charge >= 0.3 is 35.8 Å². The van der Waals surface area contributed by atoms with E-state index in [1.807, 2.05) is 0 Å². The summed E-state index contributed by atoms with van der Waals surface area (Å²) in [4.78, 5) is 78.8. The van der Waals surface area contributed by atoms with Gasteiger partial charge in [0.05, 0.1) is 23.5 Å². The van der Waals surface area contributed by atoms with Gasteiger partial charge in [-0.15, -0.1) is 0 Å². The van der Waals surface area contributed by atoms with E-state index in [4.69, 9.17) is 33.2 Å². The smallest absolute Gasteiger partial charge is 0.338 e. The van der Waals surface area contributed by atoms with E-state index in [0.29, 0.717) is 0 Å². The third-order valence-corrected chi connectivity index (χ3v) is 11.3. The molecule has 3 fully saturated rings. The van der Waals surface area contributed by atoms with Crippen molar-refractivity contribution in [1.29, 1.82) is 0 Å². The molecule has 284 valence electrons. The zero-order chi connectivity index (χ0) is 38.7. The molecule has 2 bridgehead atoms. The Bertz CT molecular complexity index is 1680. The van der Waals surface area contributed by atoms with Gasteiger partial charge in [-0.05, 0) is 30.2 Å². The fraction of sp³-hybridized carbons (Fsp3) is 0.622. The van der Waals surface area contributed by atoms with Crippen LogP contribution in [0.3, 0.4) is 0 Å². The summed E-state index contributed by atoms with van der Waals surface area (Å²) in [5, 5.41) is 25.9. The van der Waals surface area contributed by atoms with Gasteiger partial charge in [-0.1, -0.05) is 39.0 Å². The summed E-state index contributed by atoms with van der Waals surface area (Å²) in [6, 6.07) is 7.77. The second-order valence-electron chi connectivity index (χ2n) is 14.8. The van der Waals surface area contributed by atoms with Crippen molar-refractivity contribution < 1.29 is 72.1 Å². The van der Waals surface area contributed by atoms with Crippen molar-refractivity contribution in [1.82, 2.24) is 0 Å². The van der Waals surface area contributed by atoms with Crippen molar-refractivity contribution in [3.05, 3.63) is 47.0 Å². The Labute approximate surface area is 300 Å². The topological polar surface area (TPSA) is 207 Å². The van der Waals surface area contributed by atoms with Crippen molar-refractivity contribution in [2.75, 3.05) is 6.61 Å². The predicted octanol–water partition coefficient (Wildman–Crippen LogP) is 2.13. The molecule has 1 aromatic rings. The molecule has 0 spiro atoms. The molecular weight excluding hydrogens is 684 g/mol. The fourth-order valence-electron chi connectivity index (χ4n) is 9.29. The third kappa shape index (κ3) is 5.96. The van der Waals surface area contributed by atoms with E-state index in [-0.39, 0.29) is 29.7 Å². The standard InChI is InChI=1S/C37H46O15/c1-17-26-28(49-20(4)40)31(50-21(5)41)35(9)24(47-18(2)38)15-25-36(16-46-25,52-22(6)42)29(35)32(51-33(44)23-13-11-10-12-14-23)37(45,34(26,7)8)30(43)27(17)48-19(3)39/h10-14,24-25,27-32,43,45H,15-16H2,1-9H3. The SMILES string of the molecule is CC(=O)OC1C2=C(C)C(OC(C)=O)C(O)C(O)(C(OC(=O)c3ccccc3)C3C4(OC(C)=O)COC4CC(OC(C)=O)C3(C)C1OC(C)=O)C2(C)C. The highest BCUT2D eigenvalue weighted by Gasteiger charge is 2.81. The van der Waals surface area contributed by atoms with Gasteiger partial charge in [0.15, 0.2) is 23.9 Å². The lowest BCUT2D eigenvalue weighted by molar-refractivity contribution is -0.371. The van der Waals surface area contributed by atoms with E-state index in [9.17, 15) is 39.0 Å². The van der Waals surface area contributed by atoms with Crippen LogP contribution in [0.5, 0.6) is 0 Å². The zero-order valence-corrected chi connectivity index (χ0v) is 30.6. The summed E-state index contributed by atoms with van der Waals surface area (Å²) in [6.45, 7) is 11.3. The van der Waals surface area contributed by atoms with Crippen molar-refractivity contribution in [2.24, 2.45) is 16.7 Å². The molecule has 15 nitrogen and oxygen atoms in total. The molecule has 0 amide bonds. The Kier molecular flexibility index (Phi) is 10.1. The number of carbonyl (C=O) groups excluding carboxylic acids is 6. The number of rotatable bonds is 7. The van der Waals surface area contributed by atoms with Crippen LogP contribution < -0.4 is 0 Å². The summed E-state index contributed by atoms with van der Waals surface area (Å²) >= 11 is 0. The van der Waals surface area contributed by atoms with E-state index in [1.54, 1.807) is 18.2 Å². The number of aliphatic hydroxyl groups excluding tert-OH is 1. The number of esters is 6. The van der Waals surface area contributed by atoms with E-state index < -0.39 is 106 Å². The van der Waals surface area contributed by atoms with E-state index in [1.165, 1.54) is 39.8 Å². The highest BCUT2D eigenvalue weighted by molar-refractivity contribution is 5.89. The first-order valence-corrected chi connectivity index (χ1v) is 17.0. The van der Waals surface area contributed by atoms with E-state index in [2.05, 4.69) is 0 Å². The number of benzene rings is 1. The second-order valence-corrected chi connectivity index (χ2v) is 14.8. The minimum Gasteiger partial charge on any atom is -0.462 e. The molecule has 11 unspecified atom stereocenters. The van der Waals surface area contributed by atoms with Crippen LogP contribution >= 0.6 is 0 Å². The molecule has 1 aliphatic heterocycles. The lowest BCUT2D eigenvalue weighted by atomic mass is 9.43. The number of ether oxygens (including phenoxy) is 7. The molecule has 0 radical (unpaired) electrons. The number of carbonyl (C=O) groups is 6. The number of hydrogen-bond acceptors (Lipinski definition) is 15. The molecule has 15 heteroatoms. The van der Waals surface area contributed by atoms with Gasteiger partial charge in [0.1, 0.15) is 30.0 Å². The summed E-state index contributed by atoms with van der Waals surface area (Å²) < 4.78 is 42.1. The van der Waals surface area contributed by atoms with E-state index in [0.717, 1.165) is 34.6 Å². The van der Waals surface area contributed by atoms with Gasteiger partial charge in [0, 0.05) is 46.5 Å². The van der Waals surface area contributed by atoms with Crippen LogP contribution in [-0.2, 0) is 57.1 Å². The van der Waals surface area contributed by atoms with Crippen LogP contribution in [0.15, 0.2) is 41.5 Å². The Balaban J connectivity index is 1.99. The molecule has 4 aliphatic rings. The molecule has 1 heterocycles. The van der Waals surface area contributed by atoms with E-state index >= 15 is 0 Å². The average molecular weight is 731 g/mol. The van der Waals surface area contributed by atoms with Gasteiger partial charge in [-0.25, -0.2) is 4.79 Å². The first-order chi connectivity index (χ1) is 24.1. The maximum absolute atomic E-state index is 14.2. The first-order valence-electron chi connectivity index (χ1n) is 17.0. The second kappa shape index (κ2) is 13.6. The predicted molar refractivity (Wildman–Crippen MR) is 176 cm³/mol. The molecule has 3 aliphatic carbocycles. The molecule has 1 aromatic carbocycles. The first kappa shape index (κ1) is 38.9. The molecule has 11 atom stereocenters. The maximum atomic E-state index is 14.2. The van der Waals surface area contributed by atoms with Crippen molar-refractivity contribution in [3.8, 4) is 0 Å². The molecule has 2 saturated carbocycles. The quantitative estimate of drug-likeness (QED) is 0.234. The lowest BCUT2D eigenvalue weighted by Crippen LogP contribution is -2.84. The van der Waals surface area contributed by atoms with Crippen LogP contribution in [0.4, 0.5) is 0 Å². The maximum Gasteiger partial charge on any atom is 0.338 e. The monoisotopic (exact) mass is 730 g/mol. The van der Waals surface area contributed by atoms with Crippen LogP contribution in [0.25, 0.3) is 0 Å². The number of hydrogen-bond donors (Lipinski definition) is 2. The van der Waals surface area contributed by atoms with Crippen LogP contribution in [-0.4, -0.2) is 107 Å². The Morgan fingerprint density at radius 1 is 0.750 bits per heavy atom. The third-order valence-electron chi connectivity index (χ3n) is 11.3. The zero-order valence-electron chi connectivity index (χ0n) is 30.6. The summed E-state index contributed by atoms with van der Waals surface area (Å²) in [5.74, 6) is -6.61. The normalized spacial score (nSPS) is 37.3.